The summed E-state index contributed by atoms with van der Waals surface area (Å²) in [6.45, 7) is 6.37. The van der Waals surface area contributed by atoms with Gasteiger partial charge in [-0.05, 0) is 60.2 Å². The highest BCUT2D eigenvalue weighted by Gasteiger charge is 2.40. The van der Waals surface area contributed by atoms with E-state index in [1.807, 2.05) is 26.8 Å². The average Bonchev–Trinajstić information content (AvgIpc) is 3.35. The Morgan fingerprint density at radius 1 is 1.07 bits per heavy atom. The minimum Gasteiger partial charge on any atom is -0.465 e. The highest BCUT2D eigenvalue weighted by atomic mass is 35.5. The largest absolute Gasteiger partial charge is 0.465 e. The molecule has 3 heterocycles. The highest BCUT2D eigenvalue weighted by Crippen LogP contribution is 2.42. The van der Waals surface area contributed by atoms with Gasteiger partial charge >= 0.3 is 18.3 Å². The van der Waals surface area contributed by atoms with Crippen molar-refractivity contribution in [1.29, 1.82) is 0 Å². The standard InChI is InChI=1S/C30H30ClF4N7O3/c1-29(2,3)24-11-16(8-9-41(24)28(44)45)23-13-18(25-26(36)37-14-38-42(23)25)15-4-7-21(19(31)10-15)39-27(43)40-22-12-17(30(33,34)35)5-6-20(22)32/h4-7,10,12-14,16,24H,8-9,11H2,1-3H3,(H,44,45)(H2,36,37,38)(H2,39,40,43). The van der Waals surface area contributed by atoms with Crippen LogP contribution in [0.1, 0.15) is 50.8 Å². The molecular weight excluding hydrogens is 618 g/mol. The lowest BCUT2D eigenvalue weighted by Crippen LogP contribution is -2.51. The zero-order chi connectivity index (χ0) is 32.8. The summed E-state index contributed by atoms with van der Waals surface area (Å²) < 4.78 is 55.0. The Bertz CT molecular complexity index is 1790. The number of nitrogens with one attached hydrogen (secondary N) is 2. The van der Waals surface area contributed by atoms with Crippen LogP contribution in [-0.2, 0) is 6.18 Å². The number of halogens is 5. The van der Waals surface area contributed by atoms with E-state index in [2.05, 4.69) is 20.7 Å². The van der Waals surface area contributed by atoms with Crippen LogP contribution in [0.15, 0.2) is 48.8 Å². The van der Waals surface area contributed by atoms with E-state index in [4.69, 9.17) is 17.3 Å². The maximum atomic E-state index is 14.1. The van der Waals surface area contributed by atoms with Gasteiger partial charge in [0.05, 0.1) is 22.0 Å². The van der Waals surface area contributed by atoms with Crippen LogP contribution in [0.25, 0.3) is 16.6 Å². The number of nitrogen functional groups attached to an aromatic ring is 1. The molecule has 10 nitrogen and oxygen atoms in total. The lowest BCUT2D eigenvalue weighted by atomic mass is 9.76. The molecule has 0 saturated carbocycles. The van der Waals surface area contributed by atoms with E-state index in [-0.39, 0.29) is 33.9 Å². The first-order valence-electron chi connectivity index (χ1n) is 13.9. The van der Waals surface area contributed by atoms with Gasteiger partial charge in [0.1, 0.15) is 17.7 Å². The van der Waals surface area contributed by atoms with Gasteiger partial charge in [0.25, 0.3) is 0 Å². The molecular formula is C30H30ClF4N7O3. The van der Waals surface area contributed by atoms with Gasteiger partial charge in [-0.15, -0.1) is 0 Å². The summed E-state index contributed by atoms with van der Waals surface area (Å²) in [7, 11) is 0. The van der Waals surface area contributed by atoms with Crippen LogP contribution in [0.3, 0.4) is 0 Å². The van der Waals surface area contributed by atoms with E-state index in [9.17, 15) is 32.3 Å². The van der Waals surface area contributed by atoms with Gasteiger partial charge in [0.15, 0.2) is 5.82 Å². The van der Waals surface area contributed by atoms with E-state index < -0.39 is 35.4 Å². The summed E-state index contributed by atoms with van der Waals surface area (Å²) in [6, 6.07) is 7.08. The Kier molecular flexibility index (Phi) is 8.29. The topological polar surface area (TPSA) is 138 Å². The van der Waals surface area contributed by atoms with Crippen LogP contribution in [0, 0.1) is 11.2 Å². The Balaban J connectivity index is 1.43. The molecule has 45 heavy (non-hydrogen) atoms. The first-order valence-corrected chi connectivity index (χ1v) is 14.3. The van der Waals surface area contributed by atoms with Crippen molar-refractivity contribution >= 4 is 46.4 Å². The Morgan fingerprint density at radius 3 is 2.42 bits per heavy atom. The number of benzene rings is 2. The van der Waals surface area contributed by atoms with E-state index in [1.54, 1.807) is 16.6 Å². The number of amides is 3. The van der Waals surface area contributed by atoms with Crippen molar-refractivity contribution in [3.63, 3.8) is 0 Å². The van der Waals surface area contributed by atoms with Gasteiger partial charge in [-0.1, -0.05) is 38.4 Å². The van der Waals surface area contributed by atoms with Crippen LogP contribution in [0.5, 0.6) is 0 Å². The molecule has 1 fully saturated rings. The zero-order valence-corrected chi connectivity index (χ0v) is 25.2. The summed E-state index contributed by atoms with van der Waals surface area (Å²) in [4.78, 5) is 30.2. The maximum Gasteiger partial charge on any atom is 0.416 e. The molecule has 1 saturated heterocycles. The fourth-order valence-corrected chi connectivity index (χ4v) is 5.97. The molecule has 1 aliphatic heterocycles. The third-order valence-electron chi connectivity index (χ3n) is 7.95. The number of urea groups is 1. The number of carbonyl (C=O) groups is 2. The number of anilines is 3. The average molecular weight is 648 g/mol. The fourth-order valence-electron chi connectivity index (χ4n) is 5.74. The molecule has 15 heteroatoms. The number of carbonyl (C=O) groups excluding carboxylic acids is 1. The predicted octanol–water partition coefficient (Wildman–Crippen LogP) is 7.71. The molecule has 4 aromatic rings. The van der Waals surface area contributed by atoms with Crippen LogP contribution in [0.4, 0.5) is 44.3 Å². The second-order valence-electron chi connectivity index (χ2n) is 11.9. The molecule has 0 bridgehead atoms. The molecule has 0 radical (unpaired) electrons. The van der Waals surface area contributed by atoms with Gasteiger partial charge < -0.3 is 26.4 Å². The van der Waals surface area contributed by atoms with Crippen molar-refractivity contribution in [1.82, 2.24) is 19.5 Å². The highest BCUT2D eigenvalue weighted by molar-refractivity contribution is 6.34. The molecule has 1 aliphatic rings. The Morgan fingerprint density at radius 2 is 1.78 bits per heavy atom. The van der Waals surface area contributed by atoms with Crippen molar-refractivity contribution in [3.05, 3.63) is 70.9 Å². The molecule has 0 aliphatic carbocycles. The normalized spacial score (nSPS) is 17.4. The SMILES string of the molecule is CC(C)(C)C1CC(c2cc(-c3ccc(NC(=O)Nc4cc(C(F)(F)F)ccc4F)c(Cl)c3)c3c(N)ncnn23)CCN1C(=O)O. The molecule has 2 unspecified atom stereocenters. The quantitative estimate of drug-likeness (QED) is 0.167. The fraction of sp³-hybridized carbons (Fsp3) is 0.333. The van der Waals surface area contributed by atoms with E-state index >= 15 is 0 Å². The Hall–Kier alpha value is -4.59. The first-order chi connectivity index (χ1) is 21.0. The molecule has 3 amide bonds. The molecule has 2 atom stereocenters. The Labute approximate surface area is 260 Å². The smallest absolute Gasteiger partial charge is 0.416 e. The van der Waals surface area contributed by atoms with Crippen LogP contribution >= 0.6 is 11.6 Å². The van der Waals surface area contributed by atoms with E-state index in [0.717, 1.165) is 5.69 Å². The third-order valence-corrected chi connectivity index (χ3v) is 8.26. The van der Waals surface area contributed by atoms with Gasteiger partial charge in [-0.3, -0.25) is 0 Å². The number of nitrogens with two attached hydrogens (primary N) is 1. The van der Waals surface area contributed by atoms with Crippen molar-refractivity contribution in [2.75, 3.05) is 22.9 Å². The van der Waals surface area contributed by atoms with Crippen molar-refractivity contribution in [3.8, 4) is 11.1 Å². The molecule has 2 aromatic heterocycles. The van der Waals surface area contributed by atoms with Crippen LogP contribution in [0.2, 0.25) is 5.02 Å². The minimum atomic E-state index is -4.72. The molecule has 238 valence electrons. The second kappa shape index (κ2) is 11.7. The van der Waals surface area contributed by atoms with Gasteiger partial charge in [0.2, 0.25) is 0 Å². The van der Waals surface area contributed by atoms with Crippen LogP contribution < -0.4 is 16.4 Å². The van der Waals surface area contributed by atoms with Crippen molar-refractivity contribution in [2.45, 2.75) is 51.7 Å². The number of nitrogens with zero attached hydrogens (tertiary/aromatic N) is 4. The number of aromatic nitrogens is 3. The monoisotopic (exact) mass is 647 g/mol. The summed E-state index contributed by atoms with van der Waals surface area (Å²) in [5.74, 6) is -0.877. The number of hydrogen-bond acceptors (Lipinski definition) is 5. The van der Waals surface area contributed by atoms with Crippen LogP contribution in [-0.4, -0.2) is 49.3 Å². The van der Waals surface area contributed by atoms with Gasteiger partial charge in [0, 0.05) is 29.8 Å². The van der Waals surface area contributed by atoms with Crippen molar-refractivity contribution < 1.29 is 32.3 Å². The van der Waals surface area contributed by atoms with E-state index in [1.165, 1.54) is 17.3 Å². The molecule has 2 aromatic carbocycles. The lowest BCUT2D eigenvalue weighted by Gasteiger charge is -2.44. The third kappa shape index (κ3) is 6.46. The van der Waals surface area contributed by atoms with Gasteiger partial charge in [-0.25, -0.2) is 23.5 Å². The number of alkyl halides is 3. The summed E-state index contributed by atoms with van der Waals surface area (Å²) >= 11 is 6.51. The summed E-state index contributed by atoms with van der Waals surface area (Å²) in [5.41, 5.74) is 6.94. The van der Waals surface area contributed by atoms with Gasteiger partial charge in [-0.2, -0.15) is 18.3 Å². The molecule has 0 spiro atoms. The van der Waals surface area contributed by atoms with E-state index in [0.29, 0.717) is 54.2 Å². The number of fused-ring (bicyclic) bond motifs is 1. The number of hydrogen-bond donors (Lipinski definition) is 4. The number of rotatable bonds is 4. The summed E-state index contributed by atoms with van der Waals surface area (Å²) in [6.07, 6.45) is -3.20. The number of carboxylic acid groups (broad SMARTS) is 1. The lowest BCUT2D eigenvalue weighted by molar-refractivity contribution is -0.137. The predicted molar refractivity (Wildman–Crippen MR) is 162 cm³/mol. The first kappa shape index (κ1) is 31.8. The zero-order valence-electron chi connectivity index (χ0n) is 24.4. The minimum absolute atomic E-state index is 0.0447. The second-order valence-corrected chi connectivity index (χ2v) is 12.3. The summed E-state index contributed by atoms with van der Waals surface area (Å²) in [5, 5.41) is 18.8. The van der Waals surface area contributed by atoms with Crippen molar-refractivity contribution in [2.24, 2.45) is 5.41 Å². The molecule has 5 N–H and O–H groups in total. The maximum absolute atomic E-state index is 14.1. The number of likely N-dealkylation sites (tertiary alicyclic amines) is 1. The number of piperidine rings is 1. The molecule has 5 rings (SSSR count).